The lowest BCUT2D eigenvalue weighted by atomic mass is 10.2. The zero-order chi connectivity index (χ0) is 11.7. The standard InChI is InChI=1S/C13H8ClNOS/c14-10-6-7-17-12(10)13-15-8-11(16-13)9-4-2-1-3-5-9/h1-8H. The van der Waals surface area contributed by atoms with Crippen molar-refractivity contribution in [1.29, 1.82) is 0 Å². The van der Waals surface area contributed by atoms with Gasteiger partial charge in [0.25, 0.3) is 0 Å². The molecule has 2 heterocycles. The largest absolute Gasteiger partial charge is 0.435 e. The molecule has 0 aliphatic carbocycles. The molecule has 1 aromatic carbocycles. The van der Waals surface area contributed by atoms with Crippen molar-refractivity contribution in [3.8, 4) is 22.1 Å². The van der Waals surface area contributed by atoms with Gasteiger partial charge in [0, 0.05) is 5.56 Å². The first kappa shape index (κ1) is 10.6. The van der Waals surface area contributed by atoms with E-state index in [9.17, 15) is 0 Å². The molecule has 0 aliphatic rings. The molecular formula is C13H8ClNOS. The summed E-state index contributed by atoms with van der Waals surface area (Å²) in [5.74, 6) is 1.33. The van der Waals surface area contributed by atoms with Crippen LogP contribution in [0.5, 0.6) is 0 Å². The van der Waals surface area contributed by atoms with Crippen LogP contribution in [0.3, 0.4) is 0 Å². The zero-order valence-corrected chi connectivity index (χ0v) is 10.3. The summed E-state index contributed by atoms with van der Waals surface area (Å²) in [4.78, 5) is 5.12. The Labute approximate surface area is 108 Å². The van der Waals surface area contributed by atoms with Gasteiger partial charge in [0.05, 0.1) is 11.2 Å². The topological polar surface area (TPSA) is 26.0 Å². The van der Waals surface area contributed by atoms with Gasteiger partial charge in [0.1, 0.15) is 4.88 Å². The van der Waals surface area contributed by atoms with Crippen molar-refractivity contribution in [2.24, 2.45) is 0 Å². The quantitative estimate of drug-likeness (QED) is 0.667. The Morgan fingerprint density at radius 1 is 1.12 bits per heavy atom. The molecule has 4 heteroatoms. The second kappa shape index (κ2) is 4.35. The van der Waals surface area contributed by atoms with E-state index in [4.69, 9.17) is 16.0 Å². The SMILES string of the molecule is Clc1ccsc1-c1ncc(-c2ccccc2)o1. The van der Waals surface area contributed by atoms with Gasteiger partial charge in [-0.15, -0.1) is 11.3 Å². The number of nitrogens with zero attached hydrogens (tertiary/aromatic N) is 1. The van der Waals surface area contributed by atoms with E-state index in [0.29, 0.717) is 10.9 Å². The third-order valence-corrected chi connectivity index (χ3v) is 3.70. The fourth-order valence-electron chi connectivity index (χ4n) is 1.56. The molecule has 2 nitrogen and oxygen atoms in total. The van der Waals surface area contributed by atoms with Crippen LogP contribution in [0.15, 0.2) is 52.4 Å². The van der Waals surface area contributed by atoms with Crippen LogP contribution in [0, 0.1) is 0 Å². The van der Waals surface area contributed by atoms with Crippen LogP contribution in [-0.4, -0.2) is 4.98 Å². The lowest BCUT2D eigenvalue weighted by Gasteiger charge is -1.94. The van der Waals surface area contributed by atoms with Gasteiger partial charge >= 0.3 is 0 Å². The summed E-state index contributed by atoms with van der Waals surface area (Å²) < 4.78 is 5.71. The van der Waals surface area contributed by atoms with E-state index in [2.05, 4.69) is 4.98 Å². The number of rotatable bonds is 2. The number of benzene rings is 1. The van der Waals surface area contributed by atoms with Crippen molar-refractivity contribution < 1.29 is 4.42 Å². The molecule has 17 heavy (non-hydrogen) atoms. The smallest absolute Gasteiger partial charge is 0.238 e. The number of aromatic nitrogens is 1. The number of thiophene rings is 1. The van der Waals surface area contributed by atoms with E-state index in [1.165, 1.54) is 11.3 Å². The molecule has 0 N–H and O–H groups in total. The van der Waals surface area contributed by atoms with Crippen LogP contribution in [0.25, 0.3) is 22.1 Å². The molecule has 0 fully saturated rings. The van der Waals surface area contributed by atoms with Gasteiger partial charge in [0.15, 0.2) is 5.76 Å². The first-order valence-corrected chi connectivity index (χ1v) is 6.35. The molecule has 0 amide bonds. The monoisotopic (exact) mass is 261 g/mol. The third kappa shape index (κ3) is 1.99. The average Bonchev–Trinajstić information content (AvgIpc) is 2.98. The number of hydrogen-bond donors (Lipinski definition) is 0. The number of oxazole rings is 1. The summed E-state index contributed by atoms with van der Waals surface area (Å²) in [6.45, 7) is 0. The molecular weight excluding hydrogens is 254 g/mol. The number of halogens is 1. The molecule has 3 rings (SSSR count). The molecule has 0 bridgehead atoms. The Morgan fingerprint density at radius 3 is 2.65 bits per heavy atom. The summed E-state index contributed by atoms with van der Waals surface area (Å²) in [5, 5.41) is 2.60. The van der Waals surface area contributed by atoms with E-state index in [1.54, 1.807) is 6.20 Å². The average molecular weight is 262 g/mol. The fourth-order valence-corrected chi connectivity index (χ4v) is 2.63. The molecule has 0 saturated heterocycles. The fraction of sp³-hybridized carbons (Fsp3) is 0. The Morgan fingerprint density at radius 2 is 1.94 bits per heavy atom. The first-order valence-electron chi connectivity index (χ1n) is 5.09. The summed E-state index contributed by atoms with van der Waals surface area (Å²) >= 11 is 7.56. The highest BCUT2D eigenvalue weighted by Gasteiger charge is 2.12. The van der Waals surface area contributed by atoms with Crippen LogP contribution < -0.4 is 0 Å². The van der Waals surface area contributed by atoms with Gasteiger partial charge in [-0.1, -0.05) is 41.9 Å². The lowest BCUT2D eigenvalue weighted by molar-refractivity contribution is 0.590. The van der Waals surface area contributed by atoms with Crippen molar-refractivity contribution in [3.05, 3.63) is 53.0 Å². The van der Waals surface area contributed by atoms with E-state index >= 15 is 0 Å². The highest BCUT2D eigenvalue weighted by Crippen LogP contribution is 2.34. The van der Waals surface area contributed by atoms with Crippen LogP contribution in [-0.2, 0) is 0 Å². The molecule has 0 unspecified atom stereocenters. The van der Waals surface area contributed by atoms with Crippen molar-refractivity contribution >= 4 is 22.9 Å². The van der Waals surface area contributed by atoms with Crippen molar-refractivity contribution in [2.45, 2.75) is 0 Å². The highest BCUT2D eigenvalue weighted by atomic mass is 35.5. The van der Waals surface area contributed by atoms with Gasteiger partial charge in [-0.25, -0.2) is 4.98 Å². The normalized spacial score (nSPS) is 10.6. The summed E-state index contributed by atoms with van der Waals surface area (Å²) in [7, 11) is 0. The molecule has 2 aromatic heterocycles. The second-order valence-corrected chi connectivity index (χ2v) is 4.82. The van der Waals surface area contributed by atoms with E-state index < -0.39 is 0 Å². The molecule has 3 aromatic rings. The number of hydrogen-bond acceptors (Lipinski definition) is 3. The van der Waals surface area contributed by atoms with Crippen molar-refractivity contribution in [1.82, 2.24) is 4.98 Å². The molecule has 0 aliphatic heterocycles. The maximum Gasteiger partial charge on any atom is 0.238 e. The zero-order valence-electron chi connectivity index (χ0n) is 8.76. The predicted octanol–water partition coefficient (Wildman–Crippen LogP) is 4.72. The van der Waals surface area contributed by atoms with Gasteiger partial charge in [-0.2, -0.15) is 0 Å². The van der Waals surface area contributed by atoms with Gasteiger partial charge in [-0.3, -0.25) is 0 Å². The minimum atomic E-state index is 0.573. The minimum absolute atomic E-state index is 0.573. The summed E-state index contributed by atoms with van der Waals surface area (Å²) in [6, 6.07) is 11.7. The van der Waals surface area contributed by atoms with E-state index in [-0.39, 0.29) is 0 Å². The van der Waals surface area contributed by atoms with Crippen LogP contribution in [0.2, 0.25) is 5.02 Å². The van der Waals surface area contributed by atoms with Crippen molar-refractivity contribution in [2.75, 3.05) is 0 Å². The second-order valence-electron chi connectivity index (χ2n) is 3.49. The van der Waals surface area contributed by atoms with E-state index in [1.807, 2.05) is 41.8 Å². The molecule has 0 saturated carbocycles. The molecule has 0 radical (unpaired) electrons. The van der Waals surface area contributed by atoms with Crippen LogP contribution in [0.1, 0.15) is 0 Å². The summed E-state index contributed by atoms with van der Waals surface area (Å²) in [6.07, 6.45) is 1.72. The van der Waals surface area contributed by atoms with Crippen LogP contribution in [0.4, 0.5) is 0 Å². The molecule has 0 spiro atoms. The lowest BCUT2D eigenvalue weighted by Crippen LogP contribution is -1.70. The summed E-state index contributed by atoms with van der Waals surface area (Å²) in [5.41, 5.74) is 1.01. The van der Waals surface area contributed by atoms with Gasteiger partial charge < -0.3 is 4.42 Å². The molecule has 84 valence electrons. The first-order chi connectivity index (χ1) is 8.34. The third-order valence-electron chi connectivity index (χ3n) is 2.38. The Kier molecular flexibility index (Phi) is 2.71. The van der Waals surface area contributed by atoms with Crippen LogP contribution >= 0.6 is 22.9 Å². The Balaban J connectivity index is 2.02. The highest BCUT2D eigenvalue weighted by molar-refractivity contribution is 7.14. The maximum atomic E-state index is 6.04. The van der Waals surface area contributed by atoms with Gasteiger partial charge in [0.2, 0.25) is 5.89 Å². The van der Waals surface area contributed by atoms with Gasteiger partial charge in [-0.05, 0) is 11.4 Å². The molecule has 0 atom stereocenters. The Bertz CT molecular complexity index is 630. The Hall–Kier alpha value is -1.58. The van der Waals surface area contributed by atoms with Crippen molar-refractivity contribution in [3.63, 3.8) is 0 Å². The maximum absolute atomic E-state index is 6.04. The minimum Gasteiger partial charge on any atom is -0.435 e. The predicted molar refractivity (Wildman–Crippen MR) is 70.3 cm³/mol. The van der Waals surface area contributed by atoms with E-state index in [0.717, 1.165) is 16.2 Å².